The van der Waals surface area contributed by atoms with Gasteiger partial charge in [0.1, 0.15) is 11.6 Å². The van der Waals surface area contributed by atoms with Crippen molar-refractivity contribution in [1.82, 2.24) is 15.0 Å². The molecule has 1 atom stereocenters. The van der Waals surface area contributed by atoms with Crippen LogP contribution in [0.4, 0.5) is 4.39 Å². The fourth-order valence-corrected chi connectivity index (χ4v) is 5.12. The van der Waals surface area contributed by atoms with E-state index in [1.807, 2.05) is 36.7 Å². The maximum atomic E-state index is 13.8. The first-order chi connectivity index (χ1) is 15.1. The molecule has 5 rings (SSSR count). The first-order valence-corrected chi connectivity index (χ1v) is 11.3. The van der Waals surface area contributed by atoms with Crippen molar-refractivity contribution >= 4 is 22.5 Å². The Morgan fingerprint density at radius 2 is 1.77 bits per heavy atom. The molecule has 0 unspecified atom stereocenters. The van der Waals surface area contributed by atoms with Crippen molar-refractivity contribution in [2.45, 2.75) is 44.4 Å². The summed E-state index contributed by atoms with van der Waals surface area (Å²) in [6, 6.07) is 14.8. The van der Waals surface area contributed by atoms with E-state index in [4.69, 9.17) is 11.6 Å². The van der Waals surface area contributed by atoms with Crippen molar-refractivity contribution in [2.24, 2.45) is 5.92 Å². The highest BCUT2D eigenvalue weighted by Crippen LogP contribution is 2.42. The van der Waals surface area contributed by atoms with E-state index < -0.39 is 0 Å². The molecule has 1 saturated carbocycles. The molecule has 2 heterocycles. The molecule has 1 aliphatic rings. The van der Waals surface area contributed by atoms with Gasteiger partial charge in [0.25, 0.3) is 0 Å². The van der Waals surface area contributed by atoms with Gasteiger partial charge in [0.2, 0.25) is 0 Å². The molecule has 1 fully saturated rings. The van der Waals surface area contributed by atoms with Gasteiger partial charge in [-0.05, 0) is 85.0 Å². The van der Waals surface area contributed by atoms with Crippen LogP contribution in [0.25, 0.3) is 22.2 Å². The van der Waals surface area contributed by atoms with Crippen molar-refractivity contribution in [3.63, 3.8) is 0 Å². The number of rotatable bonds is 4. The van der Waals surface area contributed by atoms with Gasteiger partial charge in [-0.3, -0.25) is 4.98 Å². The van der Waals surface area contributed by atoms with Crippen molar-refractivity contribution in [2.75, 3.05) is 0 Å². The SMILES string of the molecule is C[C@@H](c1ncc(-c2ccc(Cl)cc2)[nH]1)[C@H]1CC[C@@H](c2ccnc3ccc(F)cc32)CC1. The van der Waals surface area contributed by atoms with Crippen LogP contribution in [0.1, 0.15) is 55.8 Å². The Morgan fingerprint density at radius 3 is 2.55 bits per heavy atom. The summed E-state index contributed by atoms with van der Waals surface area (Å²) in [6.45, 7) is 2.27. The van der Waals surface area contributed by atoms with E-state index in [0.717, 1.165) is 58.7 Å². The van der Waals surface area contributed by atoms with Crippen molar-refractivity contribution in [1.29, 1.82) is 0 Å². The Hall–Kier alpha value is -2.72. The smallest absolute Gasteiger partial charge is 0.123 e. The van der Waals surface area contributed by atoms with Gasteiger partial charge in [-0.1, -0.05) is 30.7 Å². The van der Waals surface area contributed by atoms with Crippen LogP contribution in [0.3, 0.4) is 0 Å². The summed E-state index contributed by atoms with van der Waals surface area (Å²) in [4.78, 5) is 12.6. The zero-order valence-electron chi connectivity index (χ0n) is 17.5. The van der Waals surface area contributed by atoms with Crippen molar-refractivity contribution < 1.29 is 4.39 Å². The van der Waals surface area contributed by atoms with E-state index in [9.17, 15) is 4.39 Å². The van der Waals surface area contributed by atoms with Gasteiger partial charge < -0.3 is 4.98 Å². The third kappa shape index (κ3) is 4.09. The zero-order chi connectivity index (χ0) is 21.4. The Balaban J connectivity index is 1.29. The Kier molecular flexibility index (Phi) is 5.49. The summed E-state index contributed by atoms with van der Waals surface area (Å²) >= 11 is 6.00. The molecule has 2 aromatic carbocycles. The third-order valence-corrected chi connectivity index (χ3v) is 7.09. The maximum absolute atomic E-state index is 13.8. The number of hydrogen-bond acceptors (Lipinski definition) is 2. The summed E-state index contributed by atoms with van der Waals surface area (Å²) in [7, 11) is 0. The number of aromatic nitrogens is 3. The predicted molar refractivity (Wildman–Crippen MR) is 124 cm³/mol. The number of imidazole rings is 1. The van der Waals surface area contributed by atoms with Crippen LogP contribution >= 0.6 is 11.6 Å². The molecule has 1 N–H and O–H groups in total. The van der Waals surface area contributed by atoms with Crippen LogP contribution in [0.2, 0.25) is 5.02 Å². The van der Waals surface area contributed by atoms with Crippen LogP contribution < -0.4 is 0 Å². The van der Waals surface area contributed by atoms with E-state index in [2.05, 4.69) is 27.9 Å². The molecule has 0 aliphatic heterocycles. The molecule has 4 aromatic rings. The van der Waals surface area contributed by atoms with Crippen LogP contribution in [0, 0.1) is 11.7 Å². The number of pyridine rings is 1. The Labute approximate surface area is 186 Å². The minimum absolute atomic E-state index is 0.196. The topological polar surface area (TPSA) is 41.6 Å². The highest BCUT2D eigenvalue weighted by molar-refractivity contribution is 6.30. The van der Waals surface area contributed by atoms with Crippen LogP contribution in [0.15, 0.2) is 60.9 Å². The normalized spacial score (nSPS) is 20.1. The Morgan fingerprint density at radius 1 is 1.00 bits per heavy atom. The summed E-state index contributed by atoms with van der Waals surface area (Å²) in [5, 5.41) is 1.69. The minimum Gasteiger partial charge on any atom is -0.342 e. The molecule has 3 nitrogen and oxygen atoms in total. The van der Waals surface area contributed by atoms with E-state index in [0.29, 0.717) is 17.8 Å². The molecule has 0 saturated heterocycles. The van der Waals surface area contributed by atoms with Gasteiger partial charge >= 0.3 is 0 Å². The standard InChI is InChI=1S/C26H25ClFN3/c1-16(26-30-15-25(31-26)19-6-8-20(27)9-7-19)17-2-4-18(5-3-17)22-12-13-29-24-11-10-21(28)14-23(22)24/h6-18H,2-5H2,1H3,(H,30,31)/t16-,17-,18+/m1/s1. The zero-order valence-corrected chi connectivity index (χ0v) is 18.2. The molecule has 0 spiro atoms. The monoisotopic (exact) mass is 433 g/mol. The number of H-pyrrole nitrogens is 1. The van der Waals surface area contributed by atoms with Gasteiger partial charge in [-0.15, -0.1) is 0 Å². The largest absolute Gasteiger partial charge is 0.342 e. The average Bonchev–Trinajstić information content (AvgIpc) is 3.29. The molecule has 31 heavy (non-hydrogen) atoms. The maximum Gasteiger partial charge on any atom is 0.123 e. The van der Waals surface area contributed by atoms with E-state index in [-0.39, 0.29) is 5.82 Å². The lowest BCUT2D eigenvalue weighted by Crippen LogP contribution is -2.19. The summed E-state index contributed by atoms with van der Waals surface area (Å²) < 4.78 is 13.8. The second-order valence-corrected chi connectivity index (χ2v) is 9.09. The number of fused-ring (bicyclic) bond motifs is 1. The molecule has 0 amide bonds. The van der Waals surface area contributed by atoms with Crippen LogP contribution in [-0.2, 0) is 0 Å². The second kappa shape index (κ2) is 8.43. The fourth-order valence-electron chi connectivity index (χ4n) is 4.99. The lowest BCUT2D eigenvalue weighted by Gasteiger charge is -2.32. The number of nitrogens with one attached hydrogen (secondary N) is 1. The first-order valence-electron chi connectivity index (χ1n) is 10.9. The van der Waals surface area contributed by atoms with Gasteiger partial charge in [-0.25, -0.2) is 9.37 Å². The summed E-state index contributed by atoms with van der Waals surface area (Å²) in [5.74, 6) is 2.26. The molecule has 2 aromatic heterocycles. The summed E-state index contributed by atoms with van der Waals surface area (Å²) in [6.07, 6.45) is 8.26. The molecule has 0 radical (unpaired) electrons. The molecular formula is C26H25ClFN3. The van der Waals surface area contributed by atoms with Gasteiger partial charge in [0, 0.05) is 22.5 Å². The number of nitrogens with zero attached hydrogens (tertiary/aromatic N) is 2. The van der Waals surface area contributed by atoms with E-state index in [1.54, 1.807) is 12.1 Å². The predicted octanol–water partition coefficient (Wildman–Crippen LogP) is 7.49. The van der Waals surface area contributed by atoms with Crippen LogP contribution in [0.5, 0.6) is 0 Å². The molecule has 0 bridgehead atoms. The number of hydrogen-bond donors (Lipinski definition) is 1. The van der Waals surface area contributed by atoms with Crippen molar-refractivity contribution in [3.05, 3.63) is 83.2 Å². The molecule has 5 heteroatoms. The Bertz CT molecular complexity index is 1190. The number of aromatic amines is 1. The fraction of sp³-hybridized carbons (Fsp3) is 0.308. The second-order valence-electron chi connectivity index (χ2n) is 8.65. The van der Waals surface area contributed by atoms with E-state index >= 15 is 0 Å². The molecule has 1 aliphatic carbocycles. The van der Waals surface area contributed by atoms with Crippen LogP contribution in [-0.4, -0.2) is 15.0 Å². The summed E-state index contributed by atoms with van der Waals surface area (Å²) in [5.41, 5.74) is 4.23. The average molecular weight is 434 g/mol. The number of benzene rings is 2. The van der Waals surface area contributed by atoms with Crippen molar-refractivity contribution in [3.8, 4) is 11.3 Å². The number of halogens is 2. The molecule has 158 valence electrons. The van der Waals surface area contributed by atoms with E-state index in [1.165, 1.54) is 11.6 Å². The quantitative estimate of drug-likeness (QED) is 0.362. The first kappa shape index (κ1) is 20.2. The lowest BCUT2D eigenvalue weighted by atomic mass is 9.73. The lowest BCUT2D eigenvalue weighted by molar-refractivity contribution is 0.286. The third-order valence-electron chi connectivity index (χ3n) is 6.84. The van der Waals surface area contributed by atoms with Gasteiger partial charge in [0.15, 0.2) is 0 Å². The minimum atomic E-state index is -0.196. The van der Waals surface area contributed by atoms with Gasteiger partial charge in [-0.2, -0.15) is 0 Å². The highest BCUT2D eigenvalue weighted by Gasteiger charge is 2.29. The van der Waals surface area contributed by atoms with Gasteiger partial charge in [0.05, 0.1) is 17.4 Å². The highest BCUT2D eigenvalue weighted by atomic mass is 35.5. The molecular weight excluding hydrogens is 409 g/mol.